The number of carbonyl (C=O) groups is 1. The third-order valence-corrected chi connectivity index (χ3v) is 7.98. The molecule has 184 valence electrons. The summed E-state index contributed by atoms with van der Waals surface area (Å²) in [5.41, 5.74) is 0.709. The Morgan fingerprint density at radius 2 is 1.88 bits per heavy atom. The second kappa shape index (κ2) is 10.8. The first-order chi connectivity index (χ1) is 16.4. The number of benzene rings is 1. The number of aromatic nitrogens is 1. The monoisotopic (exact) mass is 492 g/mol. The van der Waals surface area contributed by atoms with Crippen LogP contribution in [0.4, 0.5) is 10.2 Å². The molecule has 3 heterocycles. The van der Waals surface area contributed by atoms with E-state index in [1.54, 1.807) is 12.1 Å². The number of ether oxygens (including phenoxy) is 2. The highest BCUT2D eigenvalue weighted by molar-refractivity contribution is 7.89. The zero-order valence-corrected chi connectivity index (χ0v) is 20.0. The van der Waals surface area contributed by atoms with Gasteiger partial charge in [-0.05, 0) is 18.6 Å². The van der Waals surface area contributed by atoms with Gasteiger partial charge in [-0.2, -0.15) is 4.31 Å². The highest BCUT2D eigenvalue weighted by Gasteiger charge is 2.32. The van der Waals surface area contributed by atoms with E-state index < -0.39 is 16.0 Å². The fraction of sp³-hybridized carbons (Fsp3) is 0.478. The Morgan fingerprint density at radius 1 is 1.12 bits per heavy atom. The van der Waals surface area contributed by atoms with Gasteiger partial charge in [0.05, 0.1) is 25.9 Å². The van der Waals surface area contributed by atoms with Gasteiger partial charge in [0.25, 0.3) is 0 Å². The molecule has 1 aromatic carbocycles. The Balaban J connectivity index is 1.60. The van der Waals surface area contributed by atoms with Gasteiger partial charge in [-0.3, -0.25) is 4.90 Å². The van der Waals surface area contributed by atoms with Crippen LogP contribution in [-0.4, -0.2) is 88.2 Å². The number of hydrogen-bond acceptors (Lipinski definition) is 8. The van der Waals surface area contributed by atoms with Crippen molar-refractivity contribution < 1.29 is 27.1 Å². The van der Waals surface area contributed by atoms with Crippen LogP contribution in [0, 0.1) is 5.82 Å². The number of halogens is 1. The van der Waals surface area contributed by atoms with Gasteiger partial charge in [-0.25, -0.2) is 22.6 Å². The molecule has 4 rings (SSSR count). The lowest BCUT2D eigenvalue weighted by Gasteiger charge is -2.29. The van der Waals surface area contributed by atoms with Crippen LogP contribution < -0.4 is 4.90 Å². The summed E-state index contributed by atoms with van der Waals surface area (Å²) in [6, 6.07) is 8.06. The Bertz CT molecular complexity index is 1120. The molecule has 0 aliphatic carbocycles. The van der Waals surface area contributed by atoms with Crippen LogP contribution in [0.1, 0.15) is 22.3 Å². The third-order valence-electron chi connectivity index (χ3n) is 6.08. The van der Waals surface area contributed by atoms with Crippen molar-refractivity contribution in [2.45, 2.75) is 17.9 Å². The molecule has 0 radical (unpaired) electrons. The number of pyridine rings is 1. The minimum Gasteiger partial charge on any atom is -0.465 e. The number of sulfonamides is 1. The van der Waals surface area contributed by atoms with Gasteiger partial charge < -0.3 is 14.4 Å². The van der Waals surface area contributed by atoms with Gasteiger partial charge in [0.15, 0.2) is 0 Å². The van der Waals surface area contributed by atoms with Gasteiger partial charge in [0.1, 0.15) is 16.5 Å². The molecule has 0 saturated carbocycles. The summed E-state index contributed by atoms with van der Waals surface area (Å²) in [4.78, 5) is 20.6. The van der Waals surface area contributed by atoms with Gasteiger partial charge in [0.2, 0.25) is 10.0 Å². The molecular weight excluding hydrogens is 463 g/mol. The van der Waals surface area contributed by atoms with E-state index >= 15 is 0 Å². The predicted molar refractivity (Wildman–Crippen MR) is 124 cm³/mol. The number of morpholine rings is 1. The maximum atomic E-state index is 14.1. The van der Waals surface area contributed by atoms with Gasteiger partial charge in [0, 0.05) is 57.6 Å². The molecule has 2 aromatic rings. The first-order valence-electron chi connectivity index (χ1n) is 11.3. The molecule has 0 unspecified atom stereocenters. The topological polar surface area (TPSA) is 92.3 Å². The number of nitrogens with zero attached hydrogens (tertiary/aromatic N) is 4. The van der Waals surface area contributed by atoms with E-state index in [0.717, 1.165) is 13.0 Å². The Kier molecular flexibility index (Phi) is 7.77. The van der Waals surface area contributed by atoms with E-state index in [1.165, 1.54) is 29.7 Å². The quantitative estimate of drug-likeness (QED) is 0.563. The number of anilines is 1. The molecule has 11 heteroatoms. The van der Waals surface area contributed by atoms with E-state index in [4.69, 9.17) is 9.47 Å². The van der Waals surface area contributed by atoms with Crippen molar-refractivity contribution in [3.05, 3.63) is 53.5 Å². The van der Waals surface area contributed by atoms with Crippen LogP contribution in [0.2, 0.25) is 0 Å². The number of rotatable bonds is 6. The average molecular weight is 493 g/mol. The average Bonchev–Trinajstić information content (AvgIpc) is 3.10. The molecule has 0 atom stereocenters. The van der Waals surface area contributed by atoms with E-state index in [0.29, 0.717) is 50.8 Å². The highest BCUT2D eigenvalue weighted by atomic mass is 32.2. The lowest BCUT2D eigenvalue weighted by molar-refractivity contribution is 0.0599. The van der Waals surface area contributed by atoms with Gasteiger partial charge in [-0.15, -0.1) is 0 Å². The minimum atomic E-state index is -3.91. The lowest BCUT2D eigenvalue weighted by atomic mass is 10.2. The summed E-state index contributed by atoms with van der Waals surface area (Å²) in [6.07, 6.45) is 2.10. The van der Waals surface area contributed by atoms with Crippen LogP contribution in [0.3, 0.4) is 0 Å². The van der Waals surface area contributed by atoms with Gasteiger partial charge in [-0.1, -0.05) is 18.2 Å². The van der Waals surface area contributed by atoms with Crippen molar-refractivity contribution in [1.29, 1.82) is 0 Å². The SMILES string of the molecule is COC(=O)c1cnc(N2CCCN(Cc3ccccc3F)CC2)c(S(=O)(=O)N2CCOCC2)c1. The van der Waals surface area contributed by atoms with Crippen molar-refractivity contribution in [2.24, 2.45) is 0 Å². The summed E-state index contributed by atoms with van der Waals surface area (Å²) >= 11 is 0. The summed E-state index contributed by atoms with van der Waals surface area (Å²) < 4.78 is 52.6. The Labute approximate surface area is 199 Å². The Morgan fingerprint density at radius 3 is 2.62 bits per heavy atom. The van der Waals surface area contributed by atoms with Crippen molar-refractivity contribution in [2.75, 3.05) is 64.5 Å². The predicted octanol–water partition coefficient (Wildman–Crippen LogP) is 1.74. The molecule has 9 nitrogen and oxygen atoms in total. The van der Waals surface area contributed by atoms with Crippen LogP contribution in [0.25, 0.3) is 0 Å². The fourth-order valence-corrected chi connectivity index (χ4v) is 5.82. The zero-order chi connectivity index (χ0) is 24.1. The fourth-order valence-electron chi connectivity index (χ4n) is 4.23. The molecule has 2 aliphatic rings. The molecular formula is C23H29FN4O5S. The molecule has 2 saturated heterocycles. The molecule has 2 fully saturated rings. The van der Waals surface area contributed by atoms with Crippen molar-refractivity contribution in [3.8, 4) is 0 Å². The summed E-state index contributed by atoms with van der Waals surface area (Å²) in [5, 5.41) is 0. The highest BCUT2D eigenvalue weighted by Crippen LogP contribution is 2.29. The lowest BCUT2D eigenvalue weighted by Crippen LogP contribution is -2.41. The van der Waals surface area contributed by atoms with Crippen molar-refractivity contribution in [3.63, 3.8) is 0 Å². The first kappa shape index (κ1) is 24.5. The second-order valence-corrected chi connectivity index (χ2v) is 10.2. The van der Waals surface area contributed by atoms with Crippen LogP contribution in [-0.2, 0) is 26.0 Å². The maximum Gasteiger partial charge on any atom is 0.339 e. The summed E-state index contributed by atoms with van der Waals surface area (Å²) in [6.45, 7) is 4.05. The van der Waals surface area contributed by atoms with E-state index in [9.17, 15) is 17.6 Å². The zero-order valence-electron chi connectivity index (χ0n) is 19.2. The van der Waals surface area contributed by atoms with Crippen molar-refractivity contribution >= 4 is 21.8 Å². The van der Waals surface area contributed by atoms with Gasteiger partial charge >= 0.3 is 5.97 Å². The normalized spacial score (nSPS) is 18.5. The number of methoxy groups -OCH3 is 1. The van der Waals surface area contributed by atoms with Crippen LogP contribution in [0.5, 0.6) is 0 Å². The molecule has 1 aromatic heterocycles. The van der Waals surface area contributed by atoms with Crippen LogP contribution >= 0.6 is 0 Å². The number of esters is 1. The molecule has 0 spiro atoms. The second-order valence-electron chi connectivity index (χ2n) is 8.26. The standard InChI is InChI=1S/C23H29FN4O5S/c1-32-23(29)19-15-21(34(30,31)28-11-13-33-14-12-28)22(25-16-19)27-8-4-7-26(9-10-27)17-18-5-2-3-6-20(18)24/h2-3,5-6,15-16H,4,7-14,17H2,1H3. The van der Waals surface area contributed by atoms with Crippen LogP contribution in [0.15, 0.2) is 41.4 Å². The smallest absolute Gasteiger partial charge is 0.339 e. The molecule has 0 N–H and O–H groups in total. The largest absolute Gasteiger partial charge is 0.465 e. The van der Waals surface area contributed by atoms with E-state index in [-0.39, 0.29) is 29.4 Å². The molecule has 2 aliphatic heterocycles. The summed E-state index contributed by atoms with van der Waals surface area (Å²) in [5.74, 6) is -0.571. The molecule has 34 heavy (non-hydrogen) atoms. The number of hydrogen-bond donors (Lipinski definition) is 0. The number of carbonyl (C=O) groups excluding carboxylic acids is 1. The Hall–Kier alpha value is -2.60. The maximum absolute atomic E-state index is 14.1. The molecule has 0 amide bonds. The first-order valence-corrected chi connectivity index (χ1v) is 12.7. The van der Waals surface area contributed by atoms with E-state index in [2.05, 4.69) is 9.88 Å². The summed E-state index contributed by atoms with van der Waals surface area (Å²) in [7, 11) is -2.67. The third kappa shape index (κ3) is 5.38. The van der Waals surface area contributed by atoms with E-state index in [1.807, 2.05) is 11.0 Å². The van der Waals surface area contributed by atoms with Crippen molar-refractivity contribution in [1.82, 2.24) is 14.2 Å². The molecule has 0 bridgehead atoms. The minimum absolute atomic E-state index is 0.0140.